The molecule has 0 bridgehead atoms. The molecule has 2 heterocycles. The van der Waals surface area contributed by atoms with Crippen molar-refractivity contribution in [1.82, 2.24) is 4.90 Å². The fraction of sp³-hybridized carbons (Fsp3) is 0.207. The van der Waals surface area contributed by atoms with Crippen LogP contribution in [0.1, 0.15) is 40.9 Å². The predicted molar refractivity (Wildman–Crippen MR) is 154 cm³/mol. The second-order valence-electron chi connectivity index (χ2n) is 9.35. The van der Waals surface area contributed by atoms with Gasteiger partial charge in [-0.1, -0.05) is 48.2 Å². The van der Waals surface area contributed by atoms with Crippen molar-refractivity contribution >= 4 is 45.8 Å². The molecule has 39 heavy (non-hydrogen) atoms. The molecule has 2 N–H and O–H groups in total. The third-order valence-electron chi connectivity index (χ3n) is 6.69. The molecule has 2 aliphatic heterocycles. The number of carbonyl (C=O) groups is 2. The fourth-order valence-electron chi connectivity index (χ4n) is 4.72. The molecule has 2 aliphatic rings. The number of nitrogens with zero attached hydrogens (tertiary/aromatic N) is 3. The first kappa shape index (κ1) is 26.2. The molecule has 0 radical (unpaired) electrons. The quantitative estimate of drug-likeness (QED) is 0.296. The lowest BCUT2D eigenvalue weighted by molar-refractivity contribution is -0.385. The maximum absolute atomic E-state index is 13.5. The number of nitro benzene ring substituents is 1. The van der Waals surface area contributed by atoms with Crippen molar-refractivity contribution < 1.29 is 14.5 Å². The summed E-state index contributed by atoms with van der Waals surface area (Å²) in [5, 5.41) is 18.0. The van der Waals surface area contributed by atoms with Gasteiger partial charge in [0, 0.05) is 40.9 Å². The van der Waals surface area contributed by atoms with E-state index >= 15 is 0 Å². The van der Waals surface area contributed by atoms with Crippen LogP contribution in [0.4, 0.5) is 17.1 Å². The number of allylic oxidation sites excluding steroid dienone is 1. The third-order valence-corrected chi connectivity index (χ3v) is 7.76. The number of aryl methyl sites for hydroxylation is 1. The van der Waals surface area contributed by atoms with Crippen molar-refractivity contribution in [2.75, 3.05) is 22.9 Å². The van der Waals surface area contributed by atoms with E-state index in [1.54, 1.807) is 43.0 Å². The van der Waals surface area contributed by atoms with Crippen LogP contribution >= 0.6 is 11.8 Å². The second-order valence-corrected chi connectivity index (χ2v) is 10.4. The average Bonchev–Trinajstić information content (AvgIpc) is 2.93. The Morgan fingerprint density at radius 1 is 0.974 bits per heavy atom. The summed E-state index contributed by atoms with van der Waals surface area (Å²) in [5.74, 6) is 0.327. The molecule has 1 saturated heterocycles. The SMILES string of the molecule is CC1=C(C(=O)Nc2ccccc2)C(c2ccc(NC(=O)c3ccc(C)c([N+](=O)[O-])c3)cc2)N2CCCSC2=N1. The van der Waals surface area contributed by atoms with Crippen LogP contribution < -0.4 is 10.6 Å². The van der Waals surface area contributed by atoms with E-state index in [1.165, 1.54) is 6.07 Å². The number of para-hydroxylation sites is 1. The summed E-state index contributed by atoms with van der Waals surface area (Å²) in [7, 11) is 0. The average molecular weight is 542 g/mol. The molecule has 10 heteroatoms. The fourth-order valence-corrected chi connectivity index (χ4v) is 5.74. The topological polar surface area (TPSA) is 117 Å². The van der Waals surface area contributed by atoms with Crippen LogP contribution in [0.3, 0.4) is 0 Å². The monoisotopic (exact) mass is 541 g/mol. The van der Waals surface area contributed by atoms with E-state index in [2.05, 4.69) is 15.5 Å². The molecule has 0 saturated carbocycles. The molecular weight excluding hydrogens is 514 g/mol. The van der Waals surface area contributed by atoms with Gasteiger partial charge in [-0.05, 0) is 56.2 Å². The maximum atomic E-state index is 13.5. The Labute approximate surface area is 230 Å². The van der Waals surface area contributed by atoms with Gasteiger partial charge >= 0.3 is 0 Å². The largest absolute Gasteiger partial charge is 0.340 e. The van der Waals surface area contributed by atoms with Crippen LogP contribution in [0.2, 0.25) is 0 Å². The van der Waals surface area contributed by atoms with Gasteiger partial charge < -0.3 is 15.5 Å². The molecule has 0 aromatic heterocycles. The van der Waals surface area contributed by atoms with Gasteiger partial charge in [-0.3, -0.25) is 19.7 Å². The summed E-state index contributed by atoms with van der Waals surface area (Å²) in [6.07, 6.45) is 0.976. The standard InChI is InChI=1S/C29H27N5O4S/c1-18-9-10-21(17-24(18)34(37)38)27(35)31-23-13-11-20(12-14-23)26-25(28(36)32-22-7-4-3-5-8-22)19(2)30-29-33(26)15-6-16-39-29/h3-5,7-14,17,26H,6,15-16H2,1-2H3,(H,31,35)(H,32,36). The van der Waals surface area contributed by atoms with Crippen LogP contribution in [0.5, 0.6) is 0 Å². The van der Waals surface area contributed by atoms with Gasteiger partial charge in [-0.2, -0.15) is 0 Å². The molecule has 1 fully saturated rings. The van der Waals surface area contributed by atoms with Crippen LogP contribution in [-0.4, -0.2) is 39.1 Å². The maximum Gasteiger partial charge on any atom is 0.273 e. The first-order chi connectivity index (χ1) is 18.8. The zero-order chi connectivity index (χ0) is 27.5. The number of aliphatic imine (C=N–C) groups is 1. The van der Waals surface area contributed by atoms with E-state index < -0.39 is 10.8 Å². The minimum absolute atomic E-state index is 0.101. The van der Waals surface area contributed by atoms with Gasteiger partial charge in [0.05, 0.1) is 22.2 Å². The highest BCUT2D eigenvalue weighted by molar-refractivity contribution is 8.13. The summed E-state index contributed by atoms with van der Waals surface area (Å²) in [5.41, 5.74) is 3.98. The molecular formula is C29H27N5O4S. The summed E-state index contributed by atoms with van der Waals surface area (Å²) < 4.78 is 0. The number of amides is 2. The molecule has 9 nitrogen and oxygen atoms in total. The van der Waals surface area contributed by atoms with E-state index in [0.717, 1.165) is 29.4 Å². The molecule has 3 aromatic rings. The summed E-state index contributed by atoms with van der Waals surface area (Å²) in [4.78, 5) is 44.0. The number of hydrogen-bond acceptors (Lipinski definition) is 7. The minimum Gasteiger partial charge on any atom is -0.340 e. The van der Waals surface area contributed by atoms with Gasteiger partial charge in [-0.15, -0.1) is 0 Å². The molecule has 5 rings (SSSR count). The molecule has 1 atom stereocenters. The number of thioether (sulfide) groups is 1. The first-order valence-corrected chi connectivity index (χ1v) is 13.5. The summed E-state index contributed by atoms with van der Waals surface area (Å²) in [6.45, 7) is 4.27. The van der Waals surface area contributed by atoms with Gasteiger partial charge in [0.2, 0.25) is 0 Å². The van der Waals surface area contributed by atoms with E-state index in [9.17, 15) is 19.7 Å². The smallest absolute Gasteiger partial charge is 0.273 e. The van der Waals surface area contributed by atoms with Crippen LogP contribution in [0.15, 0.2) is 89.1 Å². The zero-order valence-electron chi connectivity index (χ0n) is 21.5. The van der Waals surface area contributed by atoms with E-state index in [1.807, 2.05) is 49.4 Å². The number of carbonyl (C=O) groups excluding carboxylic acids is 2. The number of nitro groups is 1. The number of amidine groups is 1. The van der Waals surface area contributed by atoms with Crippen molar-refractivity contribution in [3.63, 3.8) is 0 Å². The Bertz CT molecular complexity index is 1500. The Kier molecular flexibility index (Phi) is 7.47. The van der Waals surface area contributed by atoms with E-state index in [0.29, 0.717) is 28.2 Å². The number of fused-ring (bicyclic) bond motifs is 1. The van der Waals surface area contributed by atoms with E-state index in [-0.39, 0.29) is 23.2 Å². The van der Waals surface area contributed by atoms with Gasteiger partial charge in [0.15, 0.2) is 5.17 Å². The van der Waals surface area contributed by atoms with Crippen molar-refractivity contribution in [3.8, 4) is 0 Å². The van der Waals surface area contributed by atoms with E-state index in [4.69, 9.17) is 4.99 Å². The summed E-state index contributed by atoms with van der Waals surface area (Å²) in [6, 6.07) is 20.7. The molecule has 0 spiro atoms. The summed E-state index contributed by atoms with van der Waals surface area (Å²) >= 11 is 1.69. The third kappa shape index (κ3) is 5.56. The van der Waals surface area contributed by atoms with Crippen molar-refractivity contribution in [1.29, 1.82) is 0 Å². The van der Waals surface area contributed by atoms with Gasteiger partial charge in [0.25, 0.3) is 17.5 Å². The zero-order valence-corrected chi connectivity index (χ0v) is 22.3. The van der Waals surface area contributed by atoms with Crippen LogP contribution in [0, 0.1) is 17.0 Å². The minimum atomic E-state index is -0.497. The van der Waals surface area contributed by atoms with Crippen molar-refractivity contribution in [2.45, 2.75) is 26.3 Å². The Hall–Kier alpha value is -4.44. The highest BCUT2D eigenvalue weighted by Gasteiger charge is 2.37. The highest BCUT2D eigenvalue weighted by Crippen LogP contribution is 2.40. The Morgan fingerprint density at radius 3 is 2.38 bits per heavy atom. The molecule has 1 unspecified atom stereocenters. The number of benzene rings is 3. The van der Waals surface area contributed by atoms with Crippen molar-refractivity contribution in [3.05, 3.63) is 111 Å². The molecule has 0 aliphatic carbocycles. The number of hydrogen-bond donors (Lipinski definition) is 2. The lowest BCUT2D eigenvalue weighted by Crippen LogP contribution is -2.43. The van der Waals surface area contributed by atoms with Crippen molar-refractivity contribution in [2.24, 2.45) is 4.99 Å². The molecule has 2 amide bonds. The molecule has 198 valence electrons. The van der Waals surface area contributed by atoms with Crippen LogP contribution in [0.25, 0.3) is 0 Å². The highest BCUT2D eigenvalue weighted by atomic mass is 32.2. The number of rotatable bonds is 6. The lowest BCUT2D eigenvalue weighted by Gasteiger charge is -2.40. The predicted octanol–water partition coefficient (Wildman–Crippen LogP) is 5.92. The van der Waals surface area contributed by atoms with Gasteiger partial charge in [0.1, 0.15) is 0 Å². The number of nitrogens with one attached hydrogen (secondary N) is 2. The van der Waals surface area contributed by atoms with Crippen LogP contribution in [-0.2, 0) is 4.79 Å². The molecule has 3 aromatic carbocycles. The lowest BCUT2D eigenvalue weighted by atomic mass is 9.93. The Morgan fingerprint density at radius 2 is 1.67 bits per heavy atom. The second kappa shape index (κ2) is 11.1. The number of anilines is 2. The first-order valence-electron chi connectivity index (χ1n) is 12.5. The Balaban J connectivity index is 1.41. The van der Waals surface area contributed by atoms with Gasteiger partial charge in [-0.25, -0.2) is 4.99 Å². The normalized spacial score (nSPS) is 16.7.